The number of amides is 1. The number of hydrogen-bond acceptors (Lipinski definition) is 5. The molecule has 3 N–H and O–H groups in total. The number of nitrogens with one attached hydrogen (secondary N) is 1. The fourth-order valence-corrected chi connectivity index (χ4v) is 3.76. The van der Waals surface area contributed by atoms with Gasteiger partial charge in [0.15, 0.2) is 0 Å². The van der Waals surface area contributed by atoms with Crippen LogP contribution in [0.4, 0.5) is 5.82 Å². The van der Waals surface area contributed by atoms with Gasteiger partial charge in [-0.05, 0) is 30.5 Å². The highest BCUT2D eigenvalue weighted by Gasteiger charge is 2.27. The minimum absolute atomic E-state index is 0. The van der Waals surface area contributed by atoms with Gasteiger partial charge in [-0.1, -0.05) is 42.5 Å². The average Bonchev–Trinajstić information content (AvgIpc) is 3.18. The number of benzene rings is 2. The van der Waals surface area contributed by atoms with Gasteiger partial charge in [0.2, 0.25) is 5.91 Å². The number of anilines is 1. The third-order valence-electron chi connectivity index (χ3n) is 5.20. The third-order valence-corrected chi connectivity index (χ3v) is 5.20. The van der Waals surface area contributed by atoms with Gasteiger partial charge < -0.3 is 16.0 Å². The van der Waals surface area contributed by atoms with Gasteiger partial charge in [0.1, 0.15) is 12.1 Å². The molecule has 0 radical (unpaired) electrons. The van der Waals surface area contributed by atoms with Crippen LogP contribution >= 0.6 is 24.8 Å². The van der Waals surface area contributed by atoms with Crippen LogP contribution in [0, 0.1) is 0 Å². The maximum Gasteiger partial charge on any atom is 0.224 e. The Labute approximate surface area is 189 Å². The zero-order valence-corrected chi connectivity index (χ0v) is 18.2. The highest BCUT2D eigenvalue weighted by Crippen LogP contribution is 2.22. The topological polar surface area (TPSA) is 84.1 Å². The first-order chi connectivity index (χ1) is 13.7. The van der Waals surface area contributed by atoms with Crippen LogP contribution in [0.25, 0.3) is 10.9 Å². The number of likely N-dealkylation sites (tertiary alicyclic amines) is 1. The molecule has 1 saturated heterocycles. The number of para-hydroxylation sites is 1. The highest BCUT2D eigenvalue weighted by atomic mass is 35.5. The molecule has 1 aromatic heterocycles. The lowest BCUT2D eigenvalue weighted by Gasteiger charge is -2.20. The highest BCUT2D eigenvalue weighted by molar-refractivity contribution is 5.88. The van der Waals surface area contributed by atoms with E-state index in [9.17, 15) is 4.79 Å². The zero-order valence-electron chi connectivity index (χ0n) is 16.6. The van der Waals surface area contributed by atoms with E-state index in [2.05, 4.69) is 15.3 Å². The van der Waals surface area contributed by atoms with Crippen molar-refractivity contribution in [1.29, 1.82) is 0 Å². The Morgan fingerprint density at radius 3 is 2.63 bits per heavy atom. The maximum absolute atomic E-state index is 12.6. The molecule has 0 bridgehead atoms. The van der Waals surface area contributed by atoms with Gasteiger partial charge in [0, 0.05) is 37.0 Å². The number of rotatable bonds is 6. The van der Waals surface area contributed by atoms with Crippen molar-refractivity contribution >= 4 is 47.4 Å². The molecule has 1 aliphatic rings. The monoisotopic (exact) mass is 447 g/mol. The number of carbonyl (C=O) groups is 1. The summed E-state index contributed by atoms with van der Waals surface area (Å²) in [6, 6.07) is 18.0. The summed E-state index contributed by atoms with van der Waals surface area (Å²) >= 11 is 0. The van der Waals surface area contributed by atoms with E-state index in [4.69, 9.17) is 5.73 Å². The van der Waals surface area contributed by atoms with Crippen molar-refractivity contribution in [3.8, 4) is 0 Å². The number of carbonyl (C=O) groups excluding carboxylic acids is 1. The summed E-state index contributed by atoms with van der Waals surface area (Å²) in [5, 5.41) is 4.49. The molecule has 1 aliphatic heterocycles. The molecule has 2 unspecified atom stereocenters. The summed E-state index contributed by atoms with van der Waals surface area (Å²) in [4.78, 5) is 23.2. The van der Waals surface area contributed by atoms with Crippen LogP contribution in [0.3, 0.4) is 0 Å². The van der Waals surface area contributed by atoms with Gasteiger partial charge in [0.25, 0.3) is 0 Å². The number of aromatic nitrogens is 2. The Hall–Kier alpha value is -2.41. The molecule has 2 atom stereocenters. The zero-order chi connectivity index (χ0) is 19.3. The van der Waals surface area contributed by atoms with E-state index < -0.39 is 0 Å². The van der Waals surface area contributed by atoms with Gasteiger partial charge in [-0.3, -0.25) is 4.79 Å². The molecule has 160 valence electrons. The molecular formula is C22H27Cl2N5O. The summed E-state index contributed by atoms with van der Waals surface area (Å²) in [5.74, 6) is 0.950. The van der Waals surface area contributed by atoms with Crippen LogP contribution in [0.1, 0.15) is 18.4 Å². The molecule has 3 aromatic rings. The molecule has 0 aliphatic carbocycles. The molecule has 6 nitrogen and oxygen atoms in total. The third kappa shape index (κ3) is 5.81. The van der Waals surface area contributed by atoms with E-state index in [0.29, 0.717) is 13.0 Å². The normalized spacial score (nSPS) is 16.4. The summed E-state index contributed by atoms with van der Waals surface area (Å²) in [5.41, 5.74) is 8.30. The lowest BCUT2D eigenvalue weighted by atomic mass is 10.0. The molecule has 30 heavy (non-hydrogen) atoms. The number of fused-ring (bicyclic) bond motifs is 1. The largest absolute Gasteiger partial charge is 0.365 e. The predicted octanol–water partition coefficient (Wildman–Crippen LogP) is 3.45. The molecular weight excluding hydrogens is 421 g/mol. The standard InChI is InChI=1S/C22H25N5O.2ClH/c23-17(12-16-6-2-1-3-7-16)13-21(28)27-11-10-18(14-27)26-22-19-8-4-5-9-20(19)24-15-25-22;;/h1-9,15,17-18H,10-14,23H2,(H,24,25,26);2*1H. The van der Waals surface area contributed by atoms with Crippen molar-refractivity contribution in [2.75, 3.05) is 18.4 Å². The first kappa shape index (κ1) is 23.9. The molecule has 8 heteroatoms. The number of nitrogens with two attached hydrogens (primary N) is 1. The fourth-order valence-electron chi connectivity index (χ4n) is 3.76. The second-order valence-corrected chi connectivity index (χ2v) is 7.36. The quantitative estimate of drug-likeness (QED) is 0.604. The molecule has 4 rings (SSSR count). The Morgan fingerprint density at radius 1 is 1.10 bits per heavy atom. The van der Waals surface area contributed by atoms with Crippen molar-refractivity contribution in [3.05, 3.63) is 66.5 Å². The second-order valence-electron chi connectivity index (χ2n) is 7.36. The van der Waals surface area contributed by atoms with E-state index in [1.54, 1.807) is 6.33 Å². The van der Waals surface area contributed by atoms with E-state index in [0.717, 1.165) is 36.1 Å². The first-order valence-electron chi connectivity index (χ1n) is 9.72. The average molecular weight is 448 g/mol. The van der Waals surface area contributed by atoms with Gasteiger partial charge in [-0.15, -0.1) is 24.8 Å². The van der Waals surface area contributed by atoms with Crippen molar-refractivity contribution in [2.45, 2.75) is 31.3 Å². The Balaban J connectivity index is 0.00000160. The smallest absolute Gasteiger partial charge is 0.224 e. The maximum atomic E-state index is 12.6. The van der Waals surface area contributed by atoms with Crippen molar-refractivity contribution in [1.82, 2.24) is 14.9 Å². The van der Waals surface area contributed by atoms with Crippen LogP contribution in [0.2, 0.25) is 0 Å². The second kappa shape index (κ2) is 11.1. The molecule has 2 aromatic carbocycles. The lowest BCUT2D eigenvalue weighted by Crippen LogP contribution is -2.36. The first-order valence-corrected chi connectivity index (χ1v) is 9.72. The minimum atomic E-state index is -0.160. The van der Waals surface area contributed by atoms with Gasteiger partial charge >= 0.3 is 0 Å². The number of hydrogen-bond donors (Lipinski definition) is 2. The van der Waals surface area contributed by atoms with Crippen molar-refractivity contribution in [3.63, 3.8) is 0 Å². The Bertz CT molecular complexity index is 951. The summed E-state index contributed by atoms with van der Waals surface area (Å²) < 4.78 is 0. The van der Waals surface area contributed by atoms with Crippen LogP contribution in [0.5, 0.6) is 0 Å². The van der Waals surface area contributed by atoms with E-state index in [-0.39, 0.29) is 42.8 Å². The fraction of sp³-hybridized carbons (Fsp3) is 0.318. The summed E-state index contributed by atoms with van der Waals surface area (Å²) in [6.07, 6.45) is 3.57. The lowest BCUT2D eigenvalue weighted by molar-refractivity contribution is -0.130. The predicted molar refractivity (Wildman–Crippen MR) is 125 cm³/mol. The van der Waals surface area contributed by atoms with E-state index >= 15 is 0 Å². The van der Waals surface area contributed by atoms with E-state index in [1.807, 2.05) is 59.5 Å². The van der Waals surface area contributed by atoms with Gasteiger partial charge in [-0.2, -0.15) is 0 Å². The molecule has 1 fully saturated rings. The summed E-state index contributed by atoms with van der Waals surface area (Å²) in [7, 11) is 0. The Kier molecular flexibility index (Phi) is 8.84. The number of halogens is 2. The van der Waals surface area contributed by atoms with Crippen LogP contribution in [-0.4, -0.2) is 45.9 Å². The molecule has 0 spiro atoms. The van der Waals surface area contributed by atoms with Gasteiger partial charge in [-0.25, -0.2) is 9.97 Å². The van der Waals surface area contributed by atoms with Gasteiger partial charge in [0.05, 0.1) is 5.52 Å². The number of nitrogens with zero attached hydrogens (tertiary/aromatic N) is 3. The van der Waals surface area contributed by atoms with Crippen molar-refractivity contribution < 1.29 is 4.79 Å². The molecule has 2 heterocycles. The van der Waals surface area contributed by atoms with Crippen LogP contribution in [-0.2, 0) is 11.2 Å². The SMILES string of the molecule is Cl.Cl.NC(CC(=O)N1CCC(Nc2ncnc3ccccc23)C1)Cc1ccccc1. The molecule has 0 saturated carbocycles. The van der Waals surface area contributed by atoms with Crippen molar-refractivity contribution in [2.24, 2.45) is 5.73 Å². The Morgan fingerprint density at radius 2 is 1.83 bits per heavy atom. The van der Waals surface area contributed by atoms with Crippen LogP contribution < -0.4 is 11.1 Å². The van der Waals surface area contributed by atoms with E-state index in [1.165, 1.54) is 5.56 Å². The summed E-state index contributed by atoms with van der Waals surface area (Å²) in [6.45, 7) is 1.42. The molecule has 1 amide bonds. The minimum Gasteiger partial charge on any atom is -0.365 e. The van der Waals surface area contributed by atoms with Crippen LogP contribution in [0.15, 0.2) is 60.9 Å².